The molecule has 1 rings (SSSR count). The monoisotopic (exact) mass is 335 g/mol. The Labute approximate surface area is 149 Å². The first-order valence-corrected chi connectivity index (χ1v) is 9.13. The number of carbonyl (C=O) groups is 1. The Bertz CT molecular complexity index is 469. The minimum absolute atomic E-state index is 0.163. The van der Waals surface area contributed by atoms with Crippen molar-refractivity contribution in [2.24, 2.45) is 17.8 Å². The fourth-order valence-corrected chi connectivity index (χ4v) is 2.32. The molecule has 1 aromatic rings. The minimum Gasteiger partial charge on any atom is -0.457 e. The van der Waals surface area contributed by atoms with Gasteiger partial charge in [0.05, 0.1) is 0 Å². The topological polar surface area (TPSA) is 38.3 Å². The van der Waals surface area contributed by atoms with E-state index in [9.17, 15) is 4.79 Å². The van der Waals surface area contributed by atoms with E-state index in [1.807, 2.05) is 19.2 Å². The third kappa shape index (κ3) is 9.07. The summed E-state index contributed by atoms with van der Waals surface area (Å²) in [4.78, 5) is 11.1. The van der Waals surface area contributed by atoms with Gasteiger partial charge in [-0.1, -0.05) is 72.2 Å². The predicted octanol–water partition coefficient (Wildman–Crippen LogP) is 5.35. The summed E-state index contributed by atoms with van der Waals surface area (Å²) in [6.07, 6.45) is 1.15. The Morgan fingerprint density at radius 2 is 1.75 bits per heavy atom. The van der Waals surface area contributed by atoms with E-state index in [-0.39, 0.29) is 18.0 Å². The second kappa shape index (κ2) is 12.1. The van der Waals surface area contributed by atoms with Gasteiger partial charge < -0.3 is 10.1 Å². The Hall–Kier alpha value is -1.35. The summed E-state index contributed by atoms with van der Waals surface area (Å²) in [5, 5.41) is 3.11. The van der Waals surface area contributed by atoms with Gasteiger partial charge in [-0.25, -0.2) is 0 Å². The molecule has 0 fully saturated rings. The molecule has 0 aliphatic heterocycles. The number of ether oxygens (including phenoxy) is 1. The minimum atomic E-state index is -0.234. The van der Waals surface area contributed by atoms with Crippen LogP contribution in [0.25, 0.3) is 0 Å². The van der Waals surface area contributed by atoms with E-state index < -0.39 is 0 Å². The number of esters is 1. The van der Waals surface area contributed by atoms with E-state index in [1.165, 1.54) is 18.9 Å². The quantitative estimate of drug-likeness (QED) is 0.682. The van der Waals surface area contributed by atoms with E-state index in [0.29, 0.717) is 0 Å². The average molecular weight is 336 g/mol. The summed E-state index contributed by atoms with van der Waals surface area (Å²) in [5.41, 5.74) is 2.26. The molecule has 1 N–H and O–H groups in total. The van der Waals surface area contributed by atoms with Crippen LogP contribution in [0.2, 0.25) is 0 Å². The fourth-order valence-electron chi connectivity index (χ4n) is 2.32. The third-order valence-electron chi connectivity index (χ3n) is 4.34. The number of carbonyl (C=O) groups excluding carboxylic acids is 1. The predicted molar refractivity (Wildman–Crippen MR) is 103 cm³/mol. The van der Waals surface area contributed by atoms with Crippen molar-refractivity contribution in [2.75, 3.05) is 7.05 Å². The summed E-state index contributed by atoms with van der Waals surface area (Å²) in [6, 6.07) is 8.16. The lowest BCUT2D eigenvalue weighted by Gasteiger charge is -2.21. The zero-order valence-corrected chi connectivity index (χ0v) is 16.8. The van der Waals surface area contributed by atoms with Crippen LogP contribution in [0.1, 0.15) is 72.1 Å². The standard InChI is InChI=1S/C14H21NO2.C7H16/c1-10(2)14(17-11(3)16)13-7-5-6-12(8-13)9-15-4;1-5-7(4)6(2)3/h5-8,10,14-15H,9H2,1-4H3;6-7H,5H2,1-4H3. The lowest BCUT2D eigenvalue weighted by Crippen LogP contribution is -2.15. The van der Waals surface area contributed by atoms with E-state index in [1.54, 1.807) is 0 Å². The van der Waals surface area contributed by atoms with Gasteiger partial charge in [0.2, 0.25) is 0 Å². The highest BCUT2D eigenvalue weighted by Crippen LogP contribution is 2.26. The van der Waals surface area contributed by atoms with Gasteiger partial charge in [-0.15, -0.1) is 0 Å². The number of benzene rings is 1. The lowest BCUT2D eigenvalue weighted by molar-refractivity contribution is -0.149. The van der Waals surface area contributed by atoms with Crippen LogP contribution < -0.4 is 5.32 Å². The van der Waals surface area contributed by atoms with E-state index in [4.69, 9.17) is 4.74 Å². The number of hydrogen-bond donors (Lipinski definition) is 1. The first kappa shape index (κ1) is 22.6. The first-order valence-electron chi connectivity index (χ1n) is 9.13. The second-order valence-electron chi connectivity index (χ2n) is 7.18. The molecule has 0 heterocycles. The van der Waals surface area contributed by atoms with Crippen LogP contribution in [-0.4, -0.2) is 13.0 Å². The van der Waals surface area contributed by atoms with Crippen molar-refractivity contribution in [2.45, 2.75) is 67.5 Å². The molecule has 2 unspecified atom stereocenters. The molecule has 3 nitrogen and oxygen atoms in total. The van der Waals surface area contributed by atoms with Crippen molar-refractivity contribution in [3.05, 3.63) is 35.4 Å². The van der Waals surface area contributed by atoms with E-state index in [2.05, 4.69) is 59.0 Å². The maximum absolute atomic E-state index is 11.1. The molecule has 0 aliphatic carbocycles. The molecule has 138 valence electrons. The Balaban J connectivity index is 0.000000640. The Kier molecular flexibility index (Phi) is 11.4. The molecule has 0 saturated heterocycles. The van der Waals surface area contributed by atoms with Gasteiger partial charge in [-0.3, -0.25) is 4.79 Å². The largest absolute Gasteiger partial charge is 0.457 e. The molecule has 0 aliphatic rings. The molecule has 1 aromatic carbocycles. The number of hydrogen-bond acceptors (Lipinski definition) is 3. The summed E-state index contributed by atoms with van der Waals surface area (Å²) in [5.74, 6) is 1.80. The molecule has 0 aromatic heterocycles. The van der Waals surface area contributed by atoms with Gasteiger partial charge in [-0.2, -0.15) is 0 Å². The Morgan fingerprint density at radius 3 is 2.12 bits per heavy atom. The molecule has 0 saturated carbocycles. The zero-order valence-electron chi connectivity index (χ0n) is 16.8. The fraction of sp³-hybridized carbons (Fsp3) is 0.667. The second-order valence-corrected chi connectivity index (χ2v) is 7.18. The summed E-state index contributed by atoms with van der Waals surface area (Å²) < 4.78 is 5.37. The van der Waals surface area contributed by atoms with Crippen molar-refractivity contribution in [1.29, 1.82) is 0 Å². The molecule has 3 heteroatoms. The highest BCUT2D eigenvalue weighted by Gasteiger charge is 2.18. The van der Waals surface area contributed by atoms with E-state index >= 15 is 0 Å². The first-order chi connectivity index (χ1) is 11.2. The Morgan fingerprint density at radius 1 is 1.12 bits per heavy atom. The van der Waals surface area contributed by atoms with Crippen LogP contribution >= 0.6 is 0 Å². The molecule has 0 radical (unpaired) electrons. The molecule has 0 bridgehead atoms. The van der Waals surface area contributed by atoms with Crippen LogP contribution in [0.4, 0.5) is 0 Å². The van der Waals surface area contributed by atoms with Crippen LogP contribution in [0.3, 0.4) is 0 Å². The maximum atomic E-state index is 11.1. The van der Waals surface area contributed by atoms with Gasteiger partial charge in [0.25, 0.3) is 0 Å². The van der Waals surface area contributed by atoms with Crippen LogP contribution in [-0.2, 0) is 16.1 Å². The van der Waals surface area contributed by atoms with Crippen molar-refractivity contribution in [1.82, 2.24) is 5.32 Å². The highest BCUT2D eigenvalue weighted by atomic mass is 16.5. The van der Waals surface area contributed by atoms with Gasteiger partial charge in [0.1, 0.15) is 6.10 Å². The zero-order chi connectivity index (χ0) is 18.7. The SMILES string of the molecule is CCC(C)C(C)C.CNCc1cccc(C(OC(C)=O)C(C)C)c1. The molecule has 2 atom stereocenters. The molecular weight excluding hydrogens is 298 g/mol. The van der Waals surface area contributed by atoms with Gasteiger partial charge in [0.15, 0.2) is 0 Å². The number of nitrogens with one attached hydrogen (secondary N) is 1. The number of rotatable bonds is 7. The van der Waals surface area contributed by atoms with Crippen LogP contribution in [0, 0.1) is 17.8 Å². The van der Waals surface area contributed by atoms with Crippen molar-refractivity contribution in [3.63, 3.8) is 0 Å². The summed E-state index contributed by atoms with van der Waals surface area (Å²) in [7, 11) is 1.92. The van der Waals surface area contributed by atoms with Crippen LogP contribution in [0.5, 0.6) is 0 Å². The van der Waals surface area contributed by atoms with Crippen LogP contribution in [0.15, 0.2) is 24.3 Å². The lowest BCUT2D eigenvalue weighted by atomic mass is 9.96. The smallest absolute Gasteiger partial charge is 0.303 e. The molecule has 0 amide bonds. The average Bonchev–Trinajstić information content (AvgIpc) is 2.52. The molecular formula is C21H37NO2. The maximum Gasteiger partial charge on any atom is 0.303 e. The molecule has 0 spiro atoms. The van der Waals surface area contributed by atoms with Crippen molar-refractivity contribution >= 4 is 5.97 Å². The van der Waals surface area contributed by atoms with Crippen molar-refractivity contribution < 1.29 is 9.53 Å². The summed E-state index contributed by atoms with van der Waals surface area (Å²) in [6.45, 7) is 15.5. The van der Waals surface area contributed by atoms with E-state index in [0.717, 1.165) is 23.9 Å². The summed E-state index contributed by atoms with van der Waals surface area (Å²) >= 11 is 0. The molecule has 24 heavy (non-hydrogen) atoms. The highest BCUT2D eigenvalue weighted by molar-refractivity contribution is 5.66. The van der Waals surface area contributed by atoms with Gasteiger partial charge in [0, 0.05) is 13.5 Å². The van der Waals surface area contributed by atoms with Gasteiger partial charge >= 0.3 is 5.97 Å². The normalized spacial score (nSPS) is 13.2. The third-order valence-corrected chi connectivity index (χ3v) is 4.34. The van der Waals surface area contributed by atoms with Crippen molar-refractivity contribution in [3.8, 4) is 0 Å². The van der Waals surface area contributed by atoms with Gasteiger partial charge in [-0.05, 0) is 35.9 Å².